The highest BCUT2D eigenvalue weighted by Crippen LogP contribution is 2.24. The number of aryl methyl sites for hydroxylation is 1. The molecule has 1 aromatic heterocycles. The predicted molar refractivity (Wildman–Crippen MR) is 65.2 cm³/mol. The molecule has 1 heterocycles. The maximum absolute atomic E-state index is 11.2. The van der Waals surface area contributed by atoms with E-state index in [1.54, 1.807) is 0 Å². The van der Waals surface area contributed by atoms with Gasteiger partial charge in [-0.3, -0.25) is 4.79 Å². The van der Waals surface area contributed by atoms with Gasteiger partial charge in [0, 0.05) is 6.04 Å². The minimum atomic E-state index is -0.449. The average Bonchev–Trinajstić information content (AvgIpc) is 2.61. The van der Waals surface area contributed by atoms with E-state index < -0.39 is 5.91 Å². The number of aromatic nitrogens is 1. The molecule has 1 aromatic rings. The van der Waals surface area contributed by atoms with Crippen LogP contribution in [-0.4, -0.2) is 17.4 Å². The number of hydrogen-bond acceptors (Lipinski definition) is 5. The second kappa shape index (κ2) is 5.93. The molecule has 0 saturated heterocycles. The second-order valence-corrected chi connectivity index (χ2v) is 4.91. The summed E-state index contributed by atoms with van der Waals surface area (Å²) in [6.07, 6.45) is 2.65. The number of unbranched alkanes of at least 4 members (excludes halogenated alkanes) is 1. The summed E-state index contributed by atoms with van der Waals surface area (Å²) in [5, 5.41) is 0.818. The van der Waals surface area contributed by atoms with E-state index in [9.17, 15) is 4.79 Å². The normalized spacial score (nSPS) is 12.7. The number of thiazole rings is 1. The maximum Gasteiger partial charge on any atom is 0.260 e. The minimum Gasteiger partial charge on any atom is -0.365 e. The first kappa shape index (κ1) is 13.1. The van der Waals surface area contributed by atoms with Crippen molar-refractivity contribution in [2.24, 2.45) is 17.2 Å². The Labute approximate surface area is 99.0 Å². The molecule has 16 heavy (non-hydrogen) atoms. The number of carbonyl (C=O) groups excluding carboxylic acids is 1. The van der Waals surface area contributed by atoms with Gasteiger partial charge in [0.2, 0.25) is 0 Å². The highest BCUT2D eigenvalue weighted by Gasteiger charge is 2.19. The molecule has 5 nitrogen and oxygen atoms in total. The maximum atomic E-state index is 11.2. The Hall–Kier alpha value is -0.980. The monoisotopic (exact) mass is 242 g/mol. The van der Waals surface area contributed by atoms with Crippen LogP contribution >= 0.6 is 11.3 Å². The molecular formula is C10H18N4OS. The van der Waals surface area contributed by atoms with Gasteiger partial charge in [-0.05, 0) is 26.3 Å². The van der Waals surface area contributed by atoms with Crippen molar-refractivity contribution in [3.8, 4) is 0 Å². The molecule has 0 spiro atoms. The van der Waals surface area contributed by atoms with Crippen molar-refractivity contribution in [2.45, 2.75) is 32.2 Å². The second-order valence-electron chi connectivity index (χ2n) is 3.70. The van der Waals surface area contributed by atoms with E-state index in [-0.39, 0.29) is 6.04 Å². The highest BCUT2D eigenvalue weighted by molar-refractivity contribution is 7.13. The average molecular weight is 242 g/mol. The molecule has 0 radical (unpaired) electrons. The molecular weight excluding hydrogens is 224 g/mol. The fraction of sp³-hybridized carbons (Fsp3) is 0.600. The van der Waals surface area contributed by atoms with Crippen molar-refractivity contribution >= 4 is 17.2 Å². The van der Waals surface area contributed by atoms with E-state index >= 15 is 0 Å². The summed E-state index contributed by atoms with van der Waals surface area (Å²) in [6, 6.07) is -0.223. The van der Waals surface area contributed by atoms with E-state index in [0.717, 1.165) is 24.3 Å². The molecule has 1 amide bonds. The van der Waals surface area contributed by atoms with Crippen LogP contribution in [0, 0.1) is 6.92 Å². The summed E-state index contributed by atoms with van der Waals surface area (Å²) in [4.78, 5) is 15.9. The first-order valence-electron chi connectivity index (χ1n) is 5.29. The van der Waals surface area contributed by atoms with Crippen molar-refractivity contribution in [3.63, 3.8) is 0 Å². The van der Waals surface area contributed by atoms with Crippen LogP contribution in [0.1, 0.15) is 45.7 Å². The Bertz CT molecular complexity index is 364. The molecule has 0 aliphatic rings. The van der Waals surface area contributed by atoms with Crippen LogP contribution in [0.4, 0.5) is 0 Å². The Morgan fingerprint density at radius 2 is 2.19 bits per heavy atom. The summed E-state index contributed by atoms with van der Waals surface area (Å²) in [5.74, 6) is -0.449. The third-order valence-electron chi connectivity index (χ3n) is 2.30. The third kappa shape index (κ3) is 3.26. The third-order valence-corrected chi connectivity index (χ3v) is 3.31. The molecule has 0 fully saturated rings. The van der Waals surface area contributed by atoms with E-state index in [1.807, 2.05) is 6.92 Å². The molecule has 90 valence electrons. The number of nitrogens with zero attached hydrogens (tertiary/aromatic N) is 1. The molecule has 1 unspecified atom stereocenters. The standard InChI is InChI=1S/C10H18N4OS/c1-6-14-8(9(16-6)10(13)15)7(12)4-2-3-5-11/h7H,2-5,11-12H2,1H3,(H2,13,15). The van der Waals surface area contributed by atoms with Gasteiger partial charge < -0.3 is 17.2 Å². The Kier molecular flexibility index (Phi) is 4.85. The van der Waals surface area contributed by atoms with Crippen molar-refractivity contribution in [2.75, 3.05) is 6.54 Å². The molecule has 0 aliphatic heterocycles. The number of rotatable bonds is 6. The Balaban J connectivity index is 2.73. The SMILES string of the molecule is Cc1nc(C(N)CCCCN)c(C(N)=O)s1. The molecule has 6 heteroatoms. The zero-order valence-electron chi connectivity index (χ0n) is 9.40. The van der Waals surface area contributed by atoms with Crippen molar-refractivity contribution in [1.29, 1.82) is 0 Å². The lowest BCUT2D eigenvalue weighted by molar-refractivity contribution is 0.100. The molecule has 0 saturated carbocycles. The van der Waals surface area contributed by atoms with Gasteiger partial charge in [0.1, 0.15) is 4.88 Å². The summed E-state index contributed by atoms with van der Waals surface area (Å²) in [6.45, 7) is 2.50. The molecule has 6 N–H and O–H groups in total. The zero-order chi connectivity index (χ0) is 12.1. The molecule has 0 aliphatic carbocycles. The topological polar surface area (TPSA) is 108 Å². The van der Waals surface area contributed by atoms with Gasteiger partial charge in [-0.2, -0.15) is 0 Å². The zero-order valence-corrected chi connectivity index (χ0v) is 10.2. The summed E-state index contributed by atoms with van der Waals surface area (Å²) >= 11 is 1.30. The molecule has 1 rings (SSSR count). The van der Waals surface area contributed by atoms with Crippen molar-refractivity contribution < 1.29 is 4.79 Å². The minimum absolute atomic E-state index is 0.223. The van der Waals surface area contributed by atoms with E-state index in [0.29, 0.717) is 17.1 Å². The molecule has 0 aromatic carbocycles. The largest absolute Gasteiger partial charge is 0.365 e. The summed E-state index contributed by atoms with van der Waals surface area (Å²) < 4.78 is 0. The van der Waals surface area contributed by atoms with Crippen LogP contribution < -0.4 is 17.2 Å². The van der Waals surface area contributed by atoms with E-state index in [2.05, 4.69) is 4.98 Å². The number of nitrogens with two attached hydrogens (primary N) is 3. The lowest BCUT2D eigenvalue weighted by Gasteiger charge is -2.09. The van der Waals surface area contributed by atoms with Gasteiger partial charge in [-0.1, -0.05) is 6.42 Å². The predicted octanol–water partition coefficient (Wildman–Crippen LogP) is 0.679. The fourth-order valence-corrected chi connectivity index (χ4v) is 2.36. The Morgan fingerprint density at radius 3 is 2.75 bits per heavy atom. The van der Waals surface area contributed by atoms with Crippen LogP contribution in [0.15, 0.2) is 0 Å². The van der Waals surface area contributed by atoms with Gasteiger partial charge in [0.25, 0.3) is 5.91 Å². The number of amides is 1. The first-order chi connectivity index (χ1) is 7.56. The van der Waals surface area contributed by atoms with Crippen LogP contribution in [0.3, 0.4) is 0 Å². The van der Waals surface area contributed by atoms with Gasteiger partial charge in [-0.25, -0.2) is 4.98 Å². The van der Waals surface area contributed by atoms with E-state index in [1.165, 1.54) is 11.3 Å². The summed E-state index contributed by atoms with van der Waals surface area (Å²) in [7, 11) is 0. The van der Waals surface area contributed by atoms with Crippen LogP contribution in [-0.2, 0) is 0 Å². The highest BCUT2D eigenvalue weighted by atomic mass is 32.1. The lowest BCUT2D eigenvalue weighted by atomic mass is 10.1. The quantitative estimate of drug-likeness (QED) is 0.637. The van der Waals surface area contributed by atoms with E-state index in [4.69, 9.17) is 17.2 Å². The fourth-order valence-electron chi connectivity index (χ4n) is 1.52. The number of hydrogen-bond donors (Lipinski definition) is 3. The van der Waals surface area contributed by atoms with Gasteiger partial charge in [0.05, 0.1) is 10.7 Å². The smallest absolute Gasteiger partial charge is 0.260 e. The Morgan fingerprint density at radius 1 is 1.50 bits per heavy atom. The number of carbonyl (C=O) groups is 1. The van der Waals surface area contributed by atoms with Crippen LogP contribution in [0.2, 0.25) is 0 Å². The number of primary amides is 1. The van der Waals surface area contributed by atoms with Crippen LogP contribution in [0.25, 0.3) is 0 Å². The van der Waals surface area contributed by atoms with Crippen molar-refractivity contribution in [1.82, 2.24) is 4.98 Å². The molecule has 0 bridgehead atoms. The first-order valence-corrected chi connectivity index (χ1v) is 6.10. The van der Waals surface area contributed by atoms with Gasteiger partial charge in [0.15, 0.2) is 0 Å². The van der Waals surface area contributed by atoms with Crippen LogP contribution in [0.5, 0.6) is 0 Å². The van der Waals surface area contributed by atoms with Gasteiger partial charge in [-0.15, -0.1) is 11.3 Å². The van der Waals surface area contributed by atoms with Gasteiger partial charge >= 0.3 is 0 Å². The van der Waals surface area contributed by atoms with Crippen molar-refractivity contribution in [3.05, 3.63) is 15.6 Å². The summed E-state index contributed by atoms with van der Waals surface area (Å²) in [5.41, 5.74) is 17.3. The lowest BCUT2D eigenvalue weighted by Crippen LogP contribution is -2.18. The molecule has 1 atom stereocenters.